The second kappa shape index (κ2) is 15.3. The van der Waals surface area contributed by atoms with E-state index in [4.69, 9.17) is 4.74 Å². The van der Waals surface area contributed by atoms with Crippen LogP contribution in [-0.4, -0.2) is 36.2 Å². The first-order valence-corrected chi connectivity index (χ1v) is 16.1. The van der Waals surface area contributed by atoms with E-state index in [-0.39, 0.29) is 17.6 Å². The van der Waals surface area contributed by atoms with Gasteiger partial charge in [0.1, 0.15) is 11.5 Å². The van der Waals surface area contributed by atoms with E-state index in [2.05, 4.69) is 59.5 Å². The third kappa shape index (κ3) is 8.13. The number of aryl methyl sites for hydroxylation is 1. The molecule has 2 aliphatic rings. The van der Waals surface area contributed by atoms with E-state index in [1.807, 2.05) is 6.07 Å². The predicted molar refractivity (Wildman–Crippen MR) is 167 cm³/mol. The summed E-state index contributed by atoms with van der Waals surface area (Å²) < 4.78 is 6.12. The van der Waals surface area contributed by atoms with Crippen molar-refractivity contribution in [2.75, 3.05) is 26.2 Å². The molecule has 0 radical (unpaired) electrons. The van der Waals surface area contributed by atoms with Crippen molar-refractivity contribution in [3.05, 3.63) is 95.1 Å². The molecule has 3 nitrogen and oxygen atoms in total. The minimum Gasteiger partial charge on any atom is -0.508 e. The highest BCUT2D eigenvalue weighted by molar-refractivity contribution is 5.50. The Bertz CT molecular complexity index is 1140. The molecular formula is C37H49NO2. The Morgan fingerprint density at radius 3 is 2.02 bits per heavy atom. The molecule has 40 heavy (non-hydrogen) atoms. The summed E-state index contributed by atoms with van der Waals surface area (Å²) in [6.07, 6.45) is 17.9. The van der Waals surface area contributed by atoms with Crippen molar-refractivity contribution >= 4 is 0 Å². The number of phenolic OH excluding ortho intramolecular Hbond substituents is 1. The molecular weight excluding hydrogens is 490 g/mol. The van der Waals surface area contributed by atoms with Crippen LogP contribution in [0.15, 0.2) is 72.8 Å². The molecule has 2 heterocycles. The summed E-state index contributed by atoms with van der Waals surface area (Å²) in [6.45, 7) is 4.65. The summed E-state index contributed by atoms with van der Waals surface area (Å²) in [4.78, 5) is 2.65. The second-order valence-corrected chi connectivity index (χ2v) is 12.1. The van der Waals surface area contributed by atoms with Gasteiger partial charge in [0, 0.05) is 23.5 Å². The third-order valence-electron chi connectivity index (χ3n) is 9.11. The number of hydrogen-bond acceptors (Lipinski definition) is 3. The summed E-state index contributed by atoms with van der Waals surface area (Å²) in [7, 11) is 0. The number of aromatic hydroxyl groups is 1. The number of likely N-dealkylation sites (tertiary alicyclic amines) is 1. The molecule has 0 bridgehead atoms. The molecule has 0 amide bonds. The van der Waals surface area contributed by atoms with Gasteiger partial charge in [0.25, 0.3) is 0 Å². The van der Waals surface area contributed by atoms with Crippen molar-refractivity contribution in [2.24, 2.45) is 0 Å². The minimum atomic E-state index is 0.214. The average molecular weight is 540 g/mol. The van der Waals surface area contributed by atoms with Crippen molar-refractivity contribution in [3.8, 4) is 11.5 Å². The van der Waals surface area contributed by atoms with Crippen molar-refractivity contribution in [2.45, 2.75) is 95.3 Å². The molecule has 0 aromatic heterocycles. The third-order valence-corrected chi connectivity index (χ3v) is 9.11. The Morgan fingerprint density at radius 2 is 1.32 bits per heavy atom. The zero-order valence-electron chi connectivity index (χ0n) is 24.4. The van der Waals surface area contributed by atoms with Gasteiger partial charge in [0.15, 0.2) is 0 Å². The van der Waals surface area contributed by atoms with Crippen LogP contribution in [-0.2, 0) is 6.42 Å². The maximum absolute atomic E-state index is 10.0. The SMILES string of the molecule is Oc1ccc2c(c1)OC[C@@H](c1ccccc1)[C@H]2c1ccc(CCCCCCCCCCCCN2CCCC2)cc1. The zero-order valence-corrected chi connectivity index (χ0v) is 24.4. The lowest BCUT2D eigenvalue weighted by Crippen LogP contribution is -2.25. The quantitative estimate of drug-likeness (QED) is 0.195. The van der Waals surface area contributed by atoms with Crippen LogP contribution < -0.4 is 4.74 Å². The molecule has 0 saturated carbocycles. The van der Waals surface area contributed by atoms with Gasteiger partial charge in [-0.1, -0.05) is 112 Å². The van der Waals surface area contributed by atoms with Gasteiger partial charge in [-0.25, -0.2) is 0 Å². The molecule has 0 aliphatic carbocycles. The number of nitrogens with zero attached hydrogens (tertiary/aromatic N) is 1. The van der Waals surface area contributed by atoms with Crippen molar-refractivity contribution in [1.29, 1.82) is 0 Å². The summed E-state index contributed by atoms with van der Waals surface area (Å²) in [6, 6.07) is 25.6. The van der Waals surface area contributed by atoms with Gasteiger partial charge in [-0.15, -0.1) is 0 Å². The molecule has 5 rings (SSSR count). The first-order valence-electron chi connectivity index (χ1n) is 16.1. The summed E-state index contributed by atoms with van der Waals surface area (Å²) in [5.74, 6) is 1.53. The van der Waals surface area contributed by atoms with Gasteiger partial charge < -0.3 is 14.7 Å². The molecule has 0 spiro atoms. The Hall–Kier alpha value is -2.78. The first kappa shape index (κ1) is 28.7. The molecule has 214 valence electrons. The van der Waals surface area contributed by atoms with E-state index in [0.717, 1.165) is 17.7 Å². The van der Waals surface area contributed by atoms with E-state index >= 15 is 0 Å². The standard InChI is InChI=1S/C37H49NO2/c39-33-23-24-34-36(28-33)40-29-35(31-17-11-9-12-18-31)37(34)32-21-19-30(20-22-32)16-10-7-5-3-1-2-4-6-8-13-25-38-26-14-15-27-38/h9,11-12,17-24,28,35,37,39H,1-8,10,13-16,25-27,29H2/t35-,37-/m0/s1. The number of fused-ring (bicyclic) bond motifs is 1. The maximum atomic E-state index is 10.0. The number of unbranched alkanes of at least 4 members (excludes halogenated alkanes) is 9. The molecule has 3 aromatic rings. The monoisotopic (exact) mass is 539 g/mol. The second-order valence-electron chi connectivity index (χ2n) is 12.1. The van der Waals surface area contributed by atoms with Crippen LogP contribution in [0.2, 0.25) is 0 Å². The van der Waals surface area contributed by atoms with E-state index in [1.54, 1.807) is 12.1 Å². The lowest BCUT2D eigenvalue weighted by Gasteiger charge is -2.34. The highest BCUT2D eigenvalue weighted by Crippen LogP contribution is 2.46. The Kier molecular flexibility index (Phi) is 11.0. The van der Waals surface area contributed by atoms with E-state index in [0.29, 0.717) is 6.61 Å². The number of benzene rings is 3. The topological polar surface area (TPSA) is 32.7 Å². The molecule has 2 atom stereocenters. The normalized spacial score (nSPS) is 18.9. The molecule has 3 aromatic carbocycles. The van der Waals surface area contributed by atoms with Crippen LogP contribution >= 0.6 is 0 Å². The largest absolute Gasteiger partial charge is 0.508 e. The van der Waals surface area contributed by atoms with Crippen molar-refractivity contribution in [1.82, 2.24) is 4.90 Å². The van der Waals surface area contributed by atoms with E-state index in [9.17, 15) is 5.11 Å². The Labute approximate surface area is 242 Å². The molecule has 3 heteroatoms. The van der Waals surface area contributed by atoms with Crippen molar-refractivity contribution < 1.29 is 9.84 Å². The smallest absolute Gasteiger partial charge is 0.126 e. The fraction of sp³-hybridized carbons (Fsp3) is 0.514. The predicted octanol–water partition coefficient (Wildman–Crippen LogP) is 9.24. The molecule has 1 fully saturated rings. The highest BCUT2D eigenvalue weighted by Gasteiger charge is 2.33. The van der Waals surface area contributed by atoms with Gasteiger partial charge in [-0.2, -0.15) is 0 Å². The van der Waals surface area contributed by atoms with Crippen LogP contribution in [0.25, 0.3) is 0 Å². The van der Waals surface area contributed by atoms with Gasteiger partial charge in [0.05, 0.1) is 6.61 Å². The fourth-order valence-corrected chi connectivity index (χ4v) is 6.77. The number of phenols is 1. The lowest BCUT2D eigenvalue weighted by molar-refractivity contribution is 0.248. The highest BCUT2D eigenvalue weighted by atomic mass is 16.5. The lowest BCUT2D eigenvalue weighted by atomic mass is 9.75. The maximum Gasteiger partial charge on any atom is 0.126 e. The van der Waals surface area contributed by atoms with Crippen LogP contribution in [0.1, 0.15) is 111 Å². The molecule has 1 saturated heterocycles. The minimum absolute atomic E-state index is 0.214. The van der Waals surface area contributed by atoms with Crippen LogP contribution in [0.4, 0.5) is 0 Å². The van der Waals surface area contributed by atoms with Gasteiger partial charge in [-0.3, -0.25) is 0 Å². The molecule has 2 aliphatic heterocycles. The van der Waals surface area contributed by atoms with Crippen LogP contribution in [0.3, 0.4) is 0 Å². The molecule has 1 N–H and O–H groups in total. The zero-order chi connectivity index (χ0) is 27.4. The van der Waals surface area contributed by atoms with Gasteiger partial charge in [-0.05, 0) is 74.5 Å². The summed E-state index contributed by atoms with van der Waals surface area (Å²) in [5.41, 5.74) is 5.22. The fourth-order valence-electron chi connectivity index (χ4n) is 6.77. The molecule has 0 unspecified atom stereocenters. The Balaban J connectivity index is 1.03. The Morgan fingerprint density at radius 1 is 0.675 bits per heavy atom. The first-order chi connectivity index (χ1) is 19.8. The van der Waals surface area contributed by atoms with Gasteiger partial charge >= 0.3 is 0 Å². The van der Waals surface area contributed by atoms with Crippen LogP contribution in [0.5, 0.6) is 11.5 Å². The van der Waals surface area contributed by atoms with Crippen molar-refractivity contribution in [3.63, 3.8) is 0 Å². The number of hydrogen-bond donors (Lipinski definition) is 1. The summed E-state index contributed by atoms with van der Waals surface area (Å²) in [5, 5.41) is 10.0. The van der Waals surface area contributed by atoms with Gasteiger partial charge in [0.2, 0.25) is 0 Å². The average Bonchev–Trinajstić information content (AvgIpc) is 3.51. The van der Waals surface area contributed by atoms with E-state index < -0.39 is 0 Å². The van der Waals surface area contributed by atoms with Crippen LogP contribution in [0, 0.1) is 0 Å². The number of ether oxygens (including phenoxy) is 1. The summed E-state index contributed by atoms with van der Waals surface area (Å²) >= 11 is 0. The number of rotatable bonds is 15. The van der Waals surface area contributed by atoms with E-state index in [1.165, 1.54) is 113 Å².